The molecular formula is C13H18N4O3. The van der Waals surface area contributed by atoms with Gasteiger partial charge in [0.25, 0.3) is 5.91 Å². The molecule has 0 spiro atoms. The van der Waals surface area contributed by atoms with E-state index in [1.165, 1.54) is 0 Å². The van der Waals surface area contributed by atoms with E-state index in [1.54, 1.807) is 16.7 Å². The molecule has 20 heavy (non-hydrogen) atoms. The third-order valence-electron chi connectivity index (χ3n) is 3.88. The Labute approximate surface area is 116 Å². The number of H-pyrrole nitrogens is 1. The minimum atomic E-state index is -0.0730. The lowest BCUT2D eigenvalue weighted by molar-refractivity contribution is -0.129. The van der Waals surface area contributed by atoms with Gasteiger partial charge in [0, 0.05) is 50.8 Å². The number of fused-ring (bicyclic) bond motifs is 1. The number of ether oxygens (including phenoxy) is 1. The van der Waals surface area contributed by atoms with Crippen molar-refractivity contribution in [3.8, 4) is 0 Å². The fourth-order valence-electron chi connectivity index (χ4n) is 2.66. The summed E-state index contributed by atoms with van der Waals surface area (Å²) in [5, 5.41) is 7.11. The summed E-state index contributed by atoms with van der Waals surface area (Å²) in [6.07, 6.45) is 0.721. The molecule has 1 saturated heterocycles. The van der Waals surface area contributed by atoms with Gasteiger partial charge in [-0.25, -0.2) is 0 Å². The second kappa shape index (κ2) is 5.24. The number of nitrogens with one attached hydrogen (secondary N) is 1. The zero-order chi connectivity index (χ0) is 14.1. The molecule has 0 bridgehead atoms. The second-order valence-corrected chi connectivity index (χ2v) is 5.12. The van der Waals surface area contributed by atoms with Gasteiger partial charge in [-0.05, 0) is 0 Å². The monoisotopic (exact) mass is 278 g/mol. The molecule has 0 aliphatic carbocycles. The van der Waals surface area contributed by atoms with E-state index in [2.05, 4.69) is 10.2 Å². The molecule has 0 saturated carbocycles. The first-order chi connectivity index (χ1) is 9.66. The van der Waals surface area contributed by atoms with Gasteiger partial charge >= 0.3 is 0 Å². The van der Waals surface area contributed by atoms with Crippen LogP contribution in [0.5, 0.6) is 0 Å². The van der Waals surface area contributed by atoms with Gasteiger partial charge in [-0.3, -0.25) is 14.7 Å². The highest BCUT2D eigenvalue weighted by Gasteiger charge is 2.29. The lowest BCUT2D eigenvalue weighted by Gasteiger charge is -2.28. The summed E-state index contributed by atoms with van der Waals surface area (Å²) < 4.78 is 5.25. The van der Waals surface area contributed by atoms with Crippen LogP contribution in [-0.4, -0.2) is 64.7 Å². The standard InChI is InChI=1S/C13H18N4O3/c1-9(18)17-3-2-11-10(8-17)12(15-14-11)13(19)16-4-6-20-7-5-16/h2-8H2,1H3,(H,14,15). The number of carbonyl (C=O) groups excluding carboxylic acids is 2. The Bertz CT molecular complexity index is 534. The zero-order valence-electron chi connectivity index (χ0n) is 11.5. The molecule has 1 N–H and O–H groups in total. The van der Waals surface area contributed by atoms with E-state index in [1.807, 2.05) is 0 Å². The summed E-state index contributed by atoms with van der Waals surface area (Å²) in [6.45, 7) is 5.01. The van der Waals surface area contributed by atoms with Gasteiger partial charge in [-0.15, -0.1) is 0 Å². The van der Waals surface area contributed by atoms with Gasteiger partial charge in [0.1, 0.15) is 0 Å². The summed E-state index contributed by atoms with van der Waals surface area (Å²) in [4.78, 5) is 27.5. The smallest absolute Gasteiger partial charge is 0.274 e. The molecular weight excluding hydrogens is 260 g/mol. The van der Waals surface area contributed by atoms with Crippen LogP contribution in [0.15, 0.2) is 0 Å². The summed E-state index contributed by atoms with van der Waals surface area (Å²) in [5.41, 5.74) is 2.29. The van der Waals surface area contributed by atoms with Gasteiger partial charge < -0.3 is 14.5 Å². The van der Waals surface area contributed by atoms with Crippen LogP contribution in [0.3, 0.4) is 0 Å². The first-order valence-corrected chi connectivity index (χ1v) is 6.85. The van der Waals surface area contributed by atoms with Crippen LogP contribution < -0.4 is 0 Å². The van der Waals surface area contributed by atoms with Crippen LogP contribution in [-0.2, 0) is 22.5 Å². The molecule has 2 aliphatic heterocycles. The van der Waals surface area contributed by atoms with E-state index in [0.29, 0.717) is 45.1 Å². The first kappa shape index (κ1) is 13.1. The molecule has 3 rings (SSSR count). The van der Waals surface area contributed by atoms with E-state index >= 15 is 0 Å². The van der Waals surface area contributed by atoms with Gasteiger partial charge in [-0.1, -0.05) is 0 Å². The lowest BCUT2D eigenvalue weighted by Crippen LogP contribution is -2.42. The van der Waals surface area contributed by atoms with Crippen molar-refractivity contribution in [3.05, 3.63) is 17.0 Å². The van der Waals surface area contributed by atoms with Crippen LogP contribution in [0.4, 0.5) is 0 Å². The zero-order valence-corrected chi connectivity index (χ0v) is 11.5. The lowest BCUT2D eigenvalue weighted by atomic mass is 10.0. The van der Waals surface area contributed by atoms with E-state index in [0.717, 1.165) is 17.7 Å². The van der Waals surface area contributed by atoms with Crippen molar-refractivity contribution < 1.29 is 14.3 Å². The highest BCUT2D eigenvalue weighted by molar-refractivity contribution is 5.94. The number of rotatable bonds is 1. The minimum Gasteiger partial charge on any atom is -0.378 e. The number of hydrogen-bond donors (Lipinski definition) is 1. The molecule has 1 aromatic rings. The number of nitrogens with zero attached hydrogens (tertiary/aromatic N) is 3. The molecule has 0 aromatic carbocycles. The van der Waals surface area contributed by atoms with Crippen molar-refractivity contribution in [2.45, 2.75) is 19.9 Å². The maximum Gasteiger partial charge on any atom is 0.274 e. The average Bonchev–Trinajstić information content (AvgIpc) is 2.90. The molecule has 3 heterocycles. The van der Waals surface area contributed by atoms with Crippen molar-refractivity contribution in [1.82, 2.24) is 20.0 Å². The number of aromatic nitrogens is 2. The maximum atomic E-state index is 12.5. The minimum absolute atomic E-state index is 0.0293. The third kappa shape index (κ3) is 2.29. The maximum absolute atomic E-state index is 12.5. The third-order valence-corrected chi connectivity index (χ3v) is 3.88. The predicted molar refractivity (Wildman–Crippen MR) is 70.1 cm³/mol. The van der Waals surface area contributed by atoms with Gasteiger partial charge in [0.05, 0.1) is 13.2 Å². The van der Waals surface area contributed by atoms with Crippen LogP contribution in [0, 0.1) is 0 Å². The molecule has 1 aromatic heterocycles. The Morgan fingerprint density at radius 3 is 2.65 bits per heavy atom. The number of morpholine rings is 1. The van der Waals surface area contributed by atoms with Crippen LogP contribution in [0.25, 0.3) is 0 Å². The number of carbonyl (C=O) groups is 2. The second-order valence-electron chi connectivity index (χ2n) is 5.12. The van der Waals surface area contributed by atoms with Crippen molar-refractivity contribution in [1.29, 1.82) is 0 Å². The van der Waals surface area contributed by atoms with Crippen molar-refractivity contribution >= 4 is 11.8 Å². The summed E-state index contributed by atoms with van der Waals surface area (Å²) in [5.74, 6) is -0.0437. The highest BCUT2D eigenvalue weighted by Crippen LogP contribution is 2.21. The molecule has 1 fully saturated rings. The summed E-state index contributed by atoms with van der Waals surface area (Å²) in [7, 11) is 0. The quantitative estimate of drug-likeness (QED) is 0.771. The normalized spacial score (nSPS) is 18.9. The number of amides is 2. The number of hydrogen-bond acceptors (Lipinski definition) is 4. The predicted octanol–water partition coefficient (Wildman–Crippen LogP) is -0.213. The Morgan fingerprint density at radius 1 is 1.20 bits per heavy atom. The summed E-state index contributed by atoms with van der Waals surface area (Å²) in [6, 6.07) is 0. The van der Waals surface area contributed by atoms with Crippen molar-refractivity contribution in [2.24, 2.45) is 0 Å². The molecule has 0 atom stereocenters. The summed E-state index contributed by atoms with van der Waals surface area (Å²) >= 11 is 0. The Morgan fingerprint density at radius 2 is 1.95 bits per heavy atom. The van der Waals surface area contributed by atoms with Crippen LogP contribution >= 0.6 is 0 Å². The SMILES string of the molecule is CC(=O)N1CCc2[nH]nc(C(=O)N3CCOCC3)c2C1. The average molecular weight is 278 g/mol. The molecule has 7 heteroatoms. The van der Waals surface area contributed by atoms with E-state index in [9.17, 15) is 9.59 Å². The first-order valence-electron chi connectivity index (χ1n) is 6.85. The van der Waals surface area contributed by atoms with Crippen LogP contribution in [0.1, 0.15) is 28.7 Å². The van der Waals surface area contributed by atoms with Crippen molar-refractivity contribution in [3.63, 3.8) is 0 Å². The van der Waals surface area contributed by atoms with E-state index < -0.39 is 0 Å². The largest absolute Gasteiger partial charge is 0.378 e. The Kier molecular flexibility index (Phi) is 3.43. The molecule has 2 amide bonds. The fourth-order valence-corrected chi connectivity index (χ4v) is 2.66. The fraction of sp³-hybridized carbons (Fsp3) is 0.615. The van der Waals surface area contributed by atoms with Gasteiger partial charge in [0.2, 0.25) is 5.91 Å². The Balaban J connectivity index is 1.83. The topological polar surface area (TPSA) is 78.5 Å². The van der Waals surface area contributed by atoms with E-state index in [-0.39, 0.29) is 11.8 Å². The molecule has 7 nitrogen and oxygen atoms in total. The Hall–Kier alpha value is -1.89. The van der Waals surface area contributed by atoms with Crippen molar-refractivity contribution in [2.75, 3.05) is 32.8 Å². The molecule has 0 unspecified atom stereocenters. The molecule has 108 valence electrons. The molecule has 0 radical (unpaired) electrons. The molecule has 2 aliphatic rings. The number of aromatic amines is 1. The highest BCUT2D eigenvalue weighted by atomic mass is 16.5. The van der Waals surface area contributed by atoms with Crippen LogP contribution in [0.2, 0.25) is 0 Å². The van der Waals surface area contributed by atoms with Gasteiger partial charge in [0.15, 0.2) is 5.69 Å². The van der Waals surface area contributed by atoms with Gasteiger partial charge in [-0.2, -0.15) is 5.10 Å². The van der Waals surface area contributed by atoms with E-state index in [4.69, 9.17) is 4.74 Å².